The molecule has 0 aliphatic carbocycles. The quantitative estimate of drug-likeness (QED) is 0.673. The summed E-state index contributed by atoms with van der Waals surface area (Å²) in [6, 6.07) is 7.88. The van der Waals surface area contributed by atoms with E-state index in [9.17, 15) is 9.90 Å². The maximum Gasteiger partial charge on any atom is 0.408 e. The van der Waals surface area contributed by atoms with Crippen LogP contribution in [0.25, 0.3) is 0 Å². The molecule has 6 heteroatoms. The molecule has 1 aromatic rings. The molecule has 1 amide bonds. The van der Waals surface area contributed by atoms with Crippen LogP contribution in [0.15, 0.2) is 24.3 Å². The monoisotopic (exact) mass is 395 g/mol. The second-order valence-corrected chi connectivity index (χ2v) is 14.8. The van der Waals surface area contributed by atoms with Crippen molar-refractivity contribution in [1.29, 1.82) is 0 Å². The molecule has 0 heterocycles. The number of benzene rings is 1. The first-order valence-electron chi connectivity index (χ1n) is 9.47. The van der Waals surface area contributed by atoms with Crippen molar-refractivity contribution in [2.45, 2.75) is 84.2 Å². The van der Waals surface area contributed by atoms with E-state index in [1.54, 1.807) is 6.92 Å². The van der Waals surface area contributed by atoms with Crippen molar-refractivity contribution in [3.63, 3.8) is 0 Å². The lowest BCUT2D eigenvalue weighted by molar-refractivity contribution is 0.0415. The molecule has 0 saturated carbocycles. The Balaban J connectivity index is 2.81. The van der Waals surface area contributed by atoms with Crippen LogP contribution in [0.3, 0.4) is 0 Å². The van der Waals surface area contributed by atoms with Gasteiger partial charge in [0.2, 0.25) is 8.32 Å². The molecular formula is C21H37NO4Si. The molecular weight excluding hydrogens is 358 g/mol. The van der Waals surface area contributed by atoms with Gasteiger partial charge in [0, 0.05) is 0 Å². The molecule has 0 fully saturated rings. The van der Waals surface area contributed by atoms with E-state index in [0.29, 0.717) is 6.42 Å². The third-order valence-corrected chi connectivity index (χ3v) is 9.21. The number of hydrogen-bond acceptors (Lipinski definition) is 4. The van der Waals surface area contributed by atoms with Crippen LogP contribution in [-0.2, 0) is 11.2 Å². The van der Waals surface area contributed by atoms with Crippen molar-refractivity contribution in [3.05, 3.63) is 29.8 Å². The van der Waals surface area contributed by atoms with E-state index in [-0.39, 0.29) is 11.6 Å². The van der Waals surface area contributed by atoms with E-state index in [2.05, 4.69) is 39.2 Å². The number of alkyl carbamates (subject to hydrolysis) is 1. The number of carbonyl (C=O) groups excluding carboxylic acids is 1. The highest BCUT2D eigenvalue weighted by Crippen LogP contribution is 2.37. The number of amides is 1. The lowest BCUT2D eigenvalue weighted by Crippen LogP contribution is -2.52. The maximum absolute atomic E-state index is 12.1. The first-order valence-corrected chi connectivity index (χ1v) is 12.4. The Morgan fingerprint density at radius 3 is 1.96 bits per heavy atom. The van der Waals surface area contributed by atoms with Gasteiger partial charge >= 0.3 is 6.09 Å². The highest BCUT2D eigenvalue weighted by atomic mass is 28.4. The van der Waals surface area contributed by atoms with Crippen LogP contribution in [0.1, 0.15) is 54.0 Å². The van der Waals surface area contributed by atoms with Crippen molar-refractivity contribution >= 4 is 14.4 Å². The fourth-order valence-electron chi connectivity index (χ4n) is 2.26. The highest BCUT2D eigenvalue weighted by Gasteiger charge is 2.39. The van der Waals surface area contributed by atoms with Gasteiger partial charge < -0.3 is 19.6 Å². The van der Waals surface area contributed by atoms with Gasteiger partial charge in [-0.1, -0.05) is 32.9 Å². The van der Waals surface area contributed by atoms with Gasteiger partial charge in [-0.25, -0.2) is 4.79 Å². The minimum absolute atomic E-state index is 0.137. The van der Waals surface area contributed by atoms with Gasteiger partial charge in [-0.15, -0.1) is 0 Å². The Hall–Kier alpha value is -1.53. The van der Waals surface area contributed by atoms with E-state index in [1.807, 2.05) is 45.0 Å². The van der Waals surface area contributed by atoms with Gasteiger partial charge in [0.05, 0.1) is 12.1 Å². The number of ether oxygens (including phenoxy) is 1. The van der Waals surface area contributed by atoms with Crippen LogP contribution >= 0.6 is 0 Å². The first kappa shape index (κ1) is 23.5. The smallest absolute Gasteiger partial charge is 0.408 e. The molecule has 5 nitrogen and oxygen atoms in total. The second-order valence-electron chi connectivity index (χ2n) is 10.0. The van der Waals surface area contributed by atoms with Crippen molar-refractivity contribution in [2.75, 3.05) is 6.61 Å². The molecule has 0 radical (unpaired) electrons. The van der Waals surface area contributed by atoms with Gasteiger partial charge in [-0.3, -0.25) is 0 Å². The standard InChI is InChI=1S/C21H37NO4Si/c1-19(2,3)25-18(24)22-21(7,15-23)14-16-10-12-17(13-11-16)26-27(8,9)20(4,5)6/h10-13,23H,14-15H2,1-9H3,(H,22,24). The number of rotatable bonds is 6. The third kappa shape index (κ3) is 7.54. The van der Waals surface area contributed by atoms with Gasteiger partial charge in [-0.2, -0.15) is 0 Å². The van der Waals surface area contributed by atoms with Crippen LogP contribution in [0.4, 0.5) is 4.79 Å². The van der Waals surface area contributed by atoms with Crippen LogP contribution in [0.2, 0.25) is 18.1 Å². The predicted molar refractivity (Wildman–Crippen MR) is 113 cm³/mol. The molecule has 1 rings (SSSR count). The largest absolute Gasteiger partial charge is 0.544 e. The molecule has 2 N–H and O–H groups in total. The number of aliphatic hydroxyl groups excluding tert-OH is 1. The number of nitrogens with one attached hydrogen (secondary N) is 1. The Morgan fingerprint density at radius 1 is 1.04 bits per heavy atom. The molecule has 0 bridgehead atoms. The summed E-state index contributed by atoms with van der Waals surface area (Å²) in [7, 11) is -1.88. The highest BCUT2D eigenvalue weighted by molar-refractivity contribution is 6.74. The fourth-order valence-corrected chi connectivity index (χ4v) is 3.29. The van der Waals surface area contributed by atoms with Gasteiger partial charge in [0.15, 0.2) is 0 Å². The average molecular weight is 396 g/mol. The van der Waals surface area contributed by atoms with Crippen molar-refractivity contribution in [2.24, 2.45) is 0 Å². The average Bonchev–Trinajstić information content (AvgIpc) is 2.45. The van der Waals surface area contributed by atoms with Gasteiger partial charge in [-0.05, 0) is 69.9 Å². The molecule has 1 atom stereocenters. The molecule has 0 aliphatic heterocycles. The molecule has 154 valence electrons. The van der Waals surface area contributed by atoms with Crippen molar-refractivity contribution in [3.8, 4) is 5.75 Å². The van der Waals surface area contributed by atoms with Gasteiger partial charge in [0.25, 0.3) is 0 Å². The Kier molecular flexibility index (Phi) is 7.16. The first-order chi connectivity index (χ1) is 12.1. The second kappa shape index (κ2) is 8.23. The van der Waals surface area contributed by atoms with E-state index in [4.69, 9.17) is 9.16 Å². The Morgan fingerprint density at radius 2 is 1.56 bits per heavy atom. The summed E-state index contributed by atoms with van der Waals surface area (Å²) in [6.45, 7) is 18.1. The zero-order valence-electron chi connectivity index (χ0n) is 18.4. The Labute approximate surface area is 165 Å². The van der Waals surface area contributed by atoms with Crippen LogP contribution in [-0.4, -0.2) is 37.3 Å². The topological polar surface area (TPSA) is 67.8 Å². The molecule has 0 aromatic heterocycles. The summed E-state index contributed by atoms with van der Waals surface area (Å²) >= 11 is 0. The minimum Gasteiger partial charge on any atom is -0.544 e. The lowest BCUT2D eigenvalue weighted by Gasteiger charge is -2.36. The third-order valence-electron chi connectivity index (χ3n) is 4.85. The lowest BCUT2D eigenvalue weighted by atomic mass is 9.94. The molecule has 0 aliphatic rings. The summed E-state index contributed by atoms with van der Waals surface area (Å²) in [4.78, 5) is 12.1. The Bertz CT molecular complexity index is 629. The number of aliphatic hydroxyl groups is 1. The molecule has 0 spiro atoms. The SMILES string of the molecule is CC(CO)(Cc1ccc(O[Si](C)(C)C(C)(C)C)cc1)NC(=O)OC(C)(C)C. The van der Waals surface area contributed by atoms with E-state index < -0.39 is 25.6 Å². The van der Waals surface area contributed by atoms with E-state index in [1.165, 1.54) is 0 Å². The number of hydrogen-bond donors (Lipinski definition) is 2. The van der Waals surface area contributed by atoms with Crippen LogP contribution in [0.5, 0.6) is 5.75 Å². The van der Waals surface area contributed by atoms with Crippen molar-refractivity contribution < 1.29 is 19.1 Å². The van der Waals surface area contributed by atoms with E-state index >= 15 is 0 Å². The number of carbonyl (C=O) groups is 1. The van der Waals surface area contributed by atoms with Crippen LogP contribution in [0, 0.1) is 0 Å². The minimum atomic E-state index is -1.88. The van der Waals surface area contributed by atoms with Crippen LogP contribution < -0.4 is 9.74 Å². The summed E-state index contributed by atoms with van der Waals surface area (Å²) in [5.41, 5.74) is -0.377. The fraction of sp³-hybridized carbons (Fsp3) is 0.667. The van der Waals surface area contributed by atoms with Crippen molar-refractivity contribution in [1.82, 2.24) is 5.32 Å². The molecule has 27 heavy (non-hydrogen) atoms. The zero-order valence-corrected chi connectivity index (χ0v) is 19.4. The normalized spacial score (nSPS) is 15.0. The van der Waals surface area contributed by atoms with E-state index in [0.717, 1.165) is 11.3 Å². The predicted octanol–water partition coefficient (Wildman–Crippen LogP) is 4.89. The summed E-state index contributed by atoms with van der Waals surface area (Å²) in [5.74, 6) is 0.858. The van der Waals surface area contributed by atoms with Gasteiger partial charge in [0.1, 0.15) is 11.4 Å². The molecule has 1 unspecified atom stereocenters. The summed E-state index contributed by atoms with van der Waals surface area (Å²) in [6.07, 6.45) is -0.0414. The summed E-state index contributed by atoms with van der Waals surface area (Å²) in [5, 5.41) is 12.7. The summed E-state index contributed by atoms with van der Waals surface area (Å²) < 4.78 is 11.6. The molecule has 1 aromatic carbocycles. The molecule has 0 saturated heterocycles. The zero-order chi connectivity index (χ0) is 21.1. The maximum atomic E-state index is 12.1.